The molecule has 5 nitrogen and oxygen atoms in total. The van der Waals surface area contributed by atoms with Gasteiger partial charge in [0.1, 0.15) is 5.82 Å². The summed E-state index contributed by atoms with van der Waals surface area (Å²) < 4.78 is 26.2. The summed E-state index contributed by atoms with van der Waals surface area (Å²) in [6.45, 7) is 1.64. The zero-order chi connectivity index (χ0) is 12.4. The van der Waals surface area contributed by atoms with Crippen molar-refractivity contribution in [3.05, 3.63) is 41.2 Å². The van der Waals surface area contributed by atoms with E-state index < -0.39 is 23.1 Å². The Bertz CT molecular complexity index is 567. The highest BCUT2D eigenvalue weighted by molar-refractivity contribution is 6.03. The number of anilines is 1. The quantitative estimate of drug-likeness (QED) is 0.835. The second kappa shape index (κ2) is 4.28. The monoisotopic (exact) mass is 238 g/mol. The first-order chi connectivity index (χ1) is 8.08. The van der Waals surface area contributed by atoms with Crippen LogP contribution in [0.3, 0.4) is 0 Å². The van der Waals surface area contributed by atoms with Crippen LogP contribution in [0.15, 0.2) is 18.2 Å². The Morgan fingerprint density at radius 3 is 2.82 bits per heavy atom. The second-order valence-electron chi connectivity index (χ2n) is 3.30. The van der Waals surface area contributed by atoms with Crippen molar-refractivity contribution in [3.63, 3.8) is 0 Å². The summed E-state index contributed by atoms with van der Waals surface area (Å²) in [5.41, 5.74) is -0.396. The highest BCUT2D eigenvalue weighted by Gasteiger charge is 2.16. The molecule has 0 unspecified atom stereocenters. The van der Waals surface area contributed by atoms with Crippen molar-refractivity contribution in [1.29, 1.82) is 0 Å². The minimum Gasteiger partial charge on any atom is -0.289 e. The van der Waals surface area contributed by atoms with Gasteiger partial charge < -0.3 is 0 Å². The fourth-order valence-electron chi connectivity index (χ4n) is 1.25. The van der Waals surface area contributed by atoms with E-state index in [1.807, 2.05) is 0 Å². The number of carbonyl (C=O) groups is 1. The van der Waals surface area contributed by atoms with E-state index in [-0.39, 0.29) is 5.95 Å². The molecule has 0 atom stereocenters. The molecule has 17 heavy (non-hydrogen) atoms. The predicted molar refractivity (Wildman–Crippen MR) is 55.4 cm³/mol. The molecular weight excluding hydrogens is 230 g/mol. The number of aromatic amines is 1. The van der Waals surface area contributed by atoms with Gasteiger partial charge in [-0.3, -0.25) is 15.2 Å². The van der Waals surface area contributed by atoms with Crippen molar-refractivity contribution in [1.82, 2.24) is 15.2 Å². The van der Waals surface area contributed by atoms with Crippen LogP contribution in [0.2, 0.25) is 0 Å². The fraction of sp³-hybridized carbons (Fsp3) is 0.100. The molecule has 0 saturated heterocycles. The minimum atomic E-state index is -1.20. The molecule has 2 N–H and O–H groups in total. The Morgan fingerprint density at radius 2 is 2.18 bits per heavy atom. The maximum absolute atomic E-state index is 13.3. The average Bonchev–Trinajstić information content (AvgIpc) is 2.68. The van der Waals surface area contributed by atoms with Crippen LogP contribution in [0.4, 0.5) is 14.7 Å². The van der Waals surface area contributed by atoms with Gasteiger partial charge in [-0.1, -0.05) is 6.07 Å². The number of carbonyl (C=O) groups excluding carboxylic acids is 1. The van der Waals surface area contributed by atoms with Crippen LogP contribution < -0.4 is 5.32 Å². The lowest BCUT2D eigenvalue weighted by Crippen LogP contribution is -2.15. The summed E-state index contributed by atoms with van der Waals surface area (Å²) in [7, 11) is 0. The molecule has 1 aromatic carbocycles. The van der Waals surface area contributed by atoms with Crippen LogP contribution >= 0.6 is 0 Å². The number of aromatic nitrogens is 3. The molecule has 0 saturated carbocycles. The van der Waals surface area contributed by atoms with Crippen molar-refractivity contribution >= 4 is 11.9 Å². The molecule has 0 aliphatic carbocycles. The Labute approximate surface area is 94.9 Å². The van der Waals surface area contributed by atoms with Crippen molar-refractivity contribution < 1.29 is 13.6 Å². The highest BCUT2D eigenvalue weighted by Crippen LogP contribution is 2.12. The molecule has 0 radical (unpaired) electrons. The van der Waals surface area contributed by atoms with Crippen LogP contribution in [-0.2, 0) is 0 Å². The average molecular weight is 238 g/mol. The molecule has 7 heteroatoms. The van der Waals surface area contributed by atoms with Gasteiger partial charge in [-0.25, -0.2) is 8.78 Å². The zero-order valence-corrected chi connectivity index (χ0v) is 8.79. The zero-order valence-electron chi connectivity index (χ0n) is 8.79. The number of halogens is 2. The Hall–Kier alpha value is -2.31. The smallest absolute Gasteiger partial charge is 0.261 e. The van der Waals surface area contributed by atoms with Gasteiger partial charge in [0.2, 0.25) is 5.95 Å². The van der Waals surface area contributed by atoms with Crippen molar-refractivity contribution in [2.45, 2.75) is 6.92 Å². The minimum absolute atomic E-state index is 0.0103. The fourth-order valence-corrected chi connectivity index (χ4v) is 1.25. The molecule has 1 heterocycles. The van der Waals surface area contributed by atoms with Crippen LogP contribution in [0.25, 0.3) is 0 Å². The van der Waals surface area contributed by atoms with Crippen LogP contribution in [0, 0.1) is 18.6 Å². The van der Waals surface area contributed by atoms with Gasteiger partial charge >= 0.3 is 0 Å². The maximum Gasteiger partial charge on any atom is 0.261 e. The SMILES string of the molecule is Cc1nc(NC(=O)c2cccc(F)c2F)n[nH]1. The molecule has 88 valence electrons. The third kappa shape index (κ3) is 2.27. The van der Waals surface area contributed by atoms with E-state index in [9.17, 15) is 13.6 Å². The van der Waals surface area contributed by atoms with E-state index in [1.54, 1.807) is 6.92 Å². The largest absolute Gasteiger partial charge is 0.289 e. The Kier molecular flexibility index (Phi) is 2.82. The summed E-state index contributed by atoms with van der Waals surface area (Å²) >= 11 is 0. The van der Waals surface area contributed by atoms with Crippen LogP contribution in [0.5, 0.6) is 0 Å². The number of benzene rings is 1. The Balaban J connectivity index is 2.23. The number of amides is 1. The van der Waals surface area contributed by atoms with Crippen LogP contribution in [-0.4, -0.2) is 21.1 Å². The Morgan fingerprint density at radius 1 is 1.41 bits per heavy atom. The van der Waals surface area contributed by atoms with E-state index in [0.717, 1.165) is 6.07 Å². The number of rotatable bonds is 2. The van der Waals surface area contributed by atoms with Gasteiger partial charge in [-0.15, -0.1) is 5.10 Å². The highest BCUT2D eigenvalue weighted by atomic mass is 19.2. The molecule has 0 fully saturated rings. The molecule has 0 aliphatic heterocycles. The van der Waals surface area contributed by atoms with Gasteiger partial charge in [-0.05, 0) is 19.1 Å². The van der Waals surface area contributed by atoms with Gasteiger partial charge in [0.15, 0.2) is 11.6 Å². The number of aryl methyl sites for hydroxylation is 1. The number of hydrogen-bond donors (Lipinski definition) is 2. The van der Waals surface area contributed by atoms with E-state index in [0.29, 0.717) is 5.82 Å². The predicted octanol–water partition coefficient (Wildman–Crippen LogP) is 1.64. The molecule has 2 rings (SSSR count). The standard InChI is InChI=1S/C10H8F2N4O/c1-5-13-10(16-15-5)14-9(17)6-3-2-4-7(11)8(6)12/h2-4H,1H3,(H2,13,14,15,16,17). The first kappa shape index (κ1) is 11.2. The lowest BCUT2D eigenvalue weighted by atomic mass is 10.2. The normalized spacial score (nSPS) is 10.3. The van der Waals surface area contributed by atoms with E-state index >= 15 is 0 Å². The van der Waals surface area contributed by atoms with Gasteiger partial charge in [-0.2, -0.15) is 4.98 Å². The number of H-pyrrole nitrogens is 1. The van der Waals surface area contributed by atoms with Crippen LogP contribution in [0.1, 0.15) is 16.2 Å². The first-order valence-corrected chi connectivity index (χ1v) is 4.72. The topological polar surface area (TPSA) is 70.7 Å². The van der Waals surface area contributed by atoms with Gasteiger partial charge in [0, 0.05) is 0 Å². The third-order valence-corrected chi connectivity index (χ3v) is 2.02. The summed E-state index contributed by atoms with van der Waals surface area (Å²) in [5.74, 6) is -2.57. The molecule has 0 spiro atoms. The van der Waals surface area contributed by atoms with Crippen molar-refractivity contribution in [2.24, 2.45) is 0 Å². The summed E-state index contributed by atoms with van der Waals surface area (Å²) in [4.78, 5) is 15.4. The number of hydrogen-bond acceptors (Lipinski definition) is 3. The summed E-state index contributed by atoms with van der Waals surface area (Å²) in [6, 6.07) is 3.35. The van der Waals surface area contributed by atoms with E-state index in [1.165, 1.54) is 12.1 Å². The van der Waals surface area contributed by atoms with Crippen molar-refractivity contribution in [2.75, 3.05) is 5.32 Å². The summed E-state index contributed by atoms with van der Waals surface area (Å²) in [6.07, 6.45) is 0. The second-order valence-corrected chi connectivity index (χ2v) is 3.30. The lowest BCUT2D eigenvalue weighted by Gasteiger charge is -2.02. The first-order valence-electron chi connectivity index (χ1n) is 4.72. The van der Waals surface area contributed by atoms with Gasteiger partial charge in [0.05, 0.1) is 5.56 Å². The van der Waals surface area contributed by atoms with Gasteiger partial charge in [0.25, 0.3) is 5.91 Å². The van der Waals surface area contributed by atoms with E-state index in [2.05, 4.69) is 20.5 Å². The maximum atomic E-state index is 13.3. The number of nitrogens with one attached hydrogen (secondary N) is 2. The molecular formula is C10H8F2N4O. The molecule has 1 amide bonds. The molecule has 1 aromatic heterocycles. The van der Waals surface area contributed by atoms with Crippen molar-refractivity contribution in [3.8, 4) is 0 Å². The summed E-state index contributed by atoms with van der Waals surface area (Å²) in [5, 5.41) is 8.40. The third-order valence-electron chi connectivity index (χ3n) is 2.02. The molecule has 2 aromatic rings. The lowest BCUT2D eigenvalue weighted by molar-refractivity contribution is 0.102. The van der Waals surface area contributed by atoms with E-state index in [4.69, 9.17) is 0 Å². The number of nitrogens with zero attached hydrogens (tertiary/aromatic N) is 2. The molecule has 0 aliphatic rings. The molecule has 0 bridgehead atoms.